The summed E-state index contributed by atoms with van der Waals surface area (Å²) in [7, 11) is -7.38. The fourth-order valence-electron chi connectivity index (χ4n) is 4.41. The van der Waals surface area contributed by atoms with E-state index in [1.807, 2.05) is 0 Å². The first-order valence-electron chi connectivity index (χ1n) is 13.1. The van der Waals surface area contributed by atoms with Crippen LogP contribution in [0.25, 0.3) is 0 Å². The van der Waals surface area contributed by atoms with E-state index in [9.17, 15) is 32.2 Å². The number of halogens is 1. The number of nitrogens with one attached hydrogen (secondary N) is 3. The SMILES string of the molecule is O=C1CC(c2ccc(CC(NS(=O)(=O)c3ccccc3)C(=O)NCCCCOc3cccc(O)c3)cc2Br)S(O)(O)N1. The van der Waals surface area contributed by atoms with Crippen LogP contribution in [0.4, 0.5) is 0 Å². The molecular weight excluding hydrogens is 650 g/mol. The number of amides is 2. The summed E-state index contributed by atoms with van der Waals surface area (Å²) < 4.78 is 57.5. The number of carbonyl (C=O) groups excluding carboxylic acids is 2. The number of hydrogen-bond donors (Lipinski definition) is 6. The van der Waals surface area contributed by atoms with Gasteiger partial charge in [-0.3, -0.25) is 23.4 Å². The summed E-state index contributed by atoms with van der Waals surface area (Å²) in [5.74, 6) is -0.336. The van der Waals surface area contributed by atoms with Gasteiger partial charge >= 0.3 is 0 Å². The number of sulfonamides is 1. The van der Waals surface area contributed by atoms with Gasteiger partial charge in [0.25, 0.3) is 0 Å². The Balaban J connectivity index is 1.42. The molecule has 1 fully saturated rings. The molecule has 0 spiro atoms. The van der Waals surface area contributed by atoms with Crippen molar-refractivity contribution in [3.63, 3.8) is 0 Å². The molecule has 1 aliphatic rings. The molecule has 1 heterocycles. The zero-order valence-electron chi connectivity index (χ0n) is 22.4. The van der Waals surface area contributed by atoms with Crippen LogP contribution in [0.2, 0.25) is 0 Å². The van der Waals surface area contributed by atoms with Crippen LogP contribution < -0.4 is 19.5 Å². The van der Waals surface area contributed by atoms with Crippen molar-refractivity contribution in [3.8, 4) is 11.5 Å². The monoisotopic (exact) mass is 681 g/mol. The van der Waals surface area contributed by atoms with E-state index < -0.39 is 43.9 Å². The van der Waals surface area contributed by atoms with E-state index in [4.69, 9.17) is 4.74 Å². The van der Waals surface area contributed by atoms with Gasteiger partial charge in [-0.2, -0.15) is 4.72 Å². The van der Waals surface area contributed by atoms with Crippen LogP contribution >= 0.6 is 26.7 Å². The van der Waals surface area contributed by atoms with Crippen LogP contribution in [0, 0.1) is 0 Å². The second kappa shape index (κ2) is 13.9. The van der Waals surface area contributed by atoms with E-state index in [1.165, 1.54) is 18.2 Å². The number of carbonyl (C=O) groups is 2. The highest BCUT2D eigenvalue weighted by Crippen LogP contribution is 2.57. The second-order valence-electron chi connectivity index (χ2n) is 9.70. The molecule has 4 rings (SSSR count). The molecule has 11 nitrogen and oxygen atoms in total. The van der Waals surface area contributed by atoms with Crippen LogP contribution in [0.3, 0.4) is 0 Å². The number of phenols is 1. The fraction of sp³-hybridized carbons (Fsp3) is 0.286. The molecule has 226 valence electrons. The van der Waals surface area contributed by atoms with E-state index in [-0.39, 0.29) is 30.0 Å². The van der Waals surface area contributed by atoms with Gasteiger partial charge in [0.05, 0.1) is 17.9 Å². The quantitative estimate of drug-likeness (QED) is 0.145. The Morgan fingerprint density at radius 1 is 1.07 bits per heavy atom. The smallest absolute Gasteiger partial charge is 0.241 e. The summed E-state index contributed by atoms with van der Waals surface area (Å²) in [5, 5.41) is 11.5. The first-order chi connectivity index (χ1) is 19.9. The molecule has 0 radical (unpaired) electrons. The molecule has 0 bridgehead atoms. The van der Waals surface area contributed by atoms with Gasteiger partial charge in [-0.25, -0.2) is 8.42 Å². The second-order valence-corrected chi connectivity index (χ2v) is 14.2. The Morgan fingerprint density at radius 3 is 2.50 bits per heavy atom. The Morgan fingerprint density at radius 2 is 1.83 bits per heavy atom. The van der Waals surface area contributed by atoms with Gasteiger partial charge < -0.3 is 15.2 Å². The first-order valence-corrected chi connectivity index (χ1v) is 17.0. The number of phenolic OH excluding ortho intramolecular Hbond substituents is 1. The number of aromatic hydroxyl groups is 1. The van der Waals surface area contributed by atoms with Crippen LogP contribution in [0.1, 0.15) is 35.6 Å². The number of benzene rings is 3. The third kappa shape index (κ3) is 8.46. The van der Waals surface area contributed by atoms with Crippen LogP contribution in [-0.4, -0.2) is 53.6 Å². The highest BCUT2D eigenvalue weighted by molar-refractivity contribution is 9.10. The van der Waals surface area contributed by atoms with E-state index >= 15 is 0 Å². The third-order valence-corrected chi connectivity index (χ3v) is 10.4. The minimum atomic E-state index is -4.02. The van der Waals surface area contributed by atoms with E-state index in [1.54, 1.807) is 54.6 Å². The Labute approximate surface area is 254 Å². The molecule has 2 unspecified atom stereocenters. The van der Waals surface area contributed by atoms with Crippen molar-refractivity contribution in [1.29, 1.82) is 0 Å². The Bertz CT molecular complexity index is 1520. The summed E-state index contributed by atoms with van der Waals surface area (Å²) in [5.41, 5.74) is 1.12. The van der Waals surface area contributed by atoms with Crippen molar-refractivity contribution < 1.29 is 37.0 Å². The Kier molecular flexibility index (Phi) is 10.5. The molecule has 0 aliphatic carbocycles. The predicted molar refractivity (Wildman–Crippen MR) is 163 cm³/mol. The third-order valence-electron chi connectivity index (χ3n) is 6.51. The predicted octanol–water partition coefficient (Wildman–Crippen LogP) is 4.25. The molecule has 14 heteroatoms. The normalized spacial score (nSPS) is 17.7. The molecule has 0 saturated carbocycles. The summed E-state index contributed by atoms with van der Waals surface area (Å²) in [4.78, 5) is 25.0. The van der Waals surface area contributed by atoms with Crippen molar-refractivity contribution in [1.82, 2.24) is 14.8 Å². The lowest BCUT2D eigenvalue weighted by Gasteiger charge is -2.33. The number of ether oxygens (including phenoxy) is 1. The largest absolute Gasteiger partial charge is 0.508 e. The number of rotatable bonds is 13. The molecule has 3 aromatic carbocycles. The van der Waals surface area contributed by atoms with Crippen molar-refractivity contribution >= 4 is 48.5 Å². The van der Waals surface area contributed by atoms with Crippen molar-refractivity contribution in [3.05, 3.63) is 88.4 Å². The molecule has 1 saturated heterocycles. The van der Waals surface area contributed by atoms with Gasteiger partial charge in [0.15, 0.2) is 0 Å². The lowest BCUT2D eigenvalue weighted by atomic mass is 10.0. The van der Waals surface area contributed by atoms with Crippen molar-refractivity contribution in [2.45, 2.75) is 41.9 Å². The average Bonchev–Trinajstić information content (AvgIpc) is 3.21. The topological polar surface area (TPSA) is 174 Å². The molecular formula is C28H32BrN3O8S2. The molecule has 6 N–H and O–H groups in total. The standard InChI is InChI=1S/C28H32BrN3O8S2/c29-24-15-19(11-12-23(24)26-18-27(34)32-42(26,38)39)16-25(31-41(36,37)22-9-2-1-3-10-22)28(35)30-13-4-5-14-40-21-8-6-7-20(33)17-21/h1-3,6-12,15,17,25-26,31,33,38-39H,4-5,13-14,16,18H2,(H,30,35)(H,32,34). The Hall–Kier alpha value is -3.14. The van der Waals surface area contributed by atoms with E-state index in [2.05, 4.69) is 30.7 Å². The highest BCUT2D eigenvalue weighted by Gasteiger charge is 2.39. The molecule has 2 atom stereocenters. The maximum Gasteiger partial charge on any atom is 0.241 e. The molecule has 0 aromatic heterocycles. The lowest BCUT2D eigenvalue weighted by molar-refractivity contribution is -0.122. The van der Waals surface area contributed by atoms with E-state index in [0.29, 0.717) is 40.8 Å². The highest BCUT2D eigenvalue weighted by atomic mass is 79.9. The van der Waals surface area contributed by atoms with Gasteiger partial charge in [0.1, 0.15) is 22.8 Å². The zero-order valence-corrected chi connectivity index (χ0v) is 25.6. The molecule has 3 aromatic rings. The van der Waals surface area contributed by atoms with Crippen LogP contribution in [-0.2, 0) is 26.0 Å². The summed E-state index contributed by atoms with van der Waals surface area (Å²) in [6.45, 7) is 0.658. The van der Waals surface area contributed by atoms with Crippen molar-refractivity contribution in [2.24, 2.45) is 0 Å². The maximum atomic E-state index is 13.2. The number of unbranched alkanes of at least 4 members (excludes halogenated alkanes) is 1. The fourth-order valence-corrected chi connectivity index (χ4v) is 7.99. The zero-order chi connectivity index (χ0) is 30.3. The lowest BCUT2D eigenvalue weighted by Crippen LogP contribution is -2.48. The van der Waals surface area contributed by atoms with E-state index in [0.717, 1.165) is 0 Å². The first kappa shape index (κ1) is 31.8. The van der Waals surface area contributed by atoms with Gasteiger partial charge in [0, 0.05) is 17.1 Å². The minimum Gasteiger partial charge on any atom is -0.508 e. The van der Waals surface area contributed by atoms with Gasteiger partial charge in [0.2, 0.25) is 21.8 Å². The van der Waals surface area contributed by atoms with Gasteiger partial charge in [-0.1, -0.05) is 52.3 Å². The van der Waals surface area contributed by atoms with Crippen LogP contribution in [0.5, 0.6) is 11.5 Å². The summed E-state index contributed by atoms with van der Waals surface area (Å²) >= 11 is 3.43. The minimum absolute atomic E-state index is 0.00941. The average molecular weight is 683 g/mol. The number of hydrogen-bond acceptors (Lipinski definition) is 8. The van der Waals surface area contributed by atoms with Crippen molar-refractivity contribution in [2.75, 3.05) is 13.2 Å². The molecule has 1 aliphatic heterocycles. The van der Waals surface area contributed by atoms with Crippen LogP contribution in [0.15, 0.2) is 82.2 Å². The maximum absolute atomic E-state index is 13.2. The summed E-state index contributed by atoms with van der Waals surface area (Å²) in [6, 6.07) is 18.0. The van der Waals surface area contributed by atoms with Gasteiger partial charge in [-0.05, 0) is 60.7 Å². The molecule has 2 amide bonds. The molecule has 42 heavy (non-hydrogen) atoms. The van der Waals surface area contributed by atoms with Gasteiger partial charge in [-0.15, -0.1) is 10.8 Å². The summed E-state index contributed by atoms with van der Waals surface area (Å²) in [6.07, 6.45) is 1.11.